The summed E-state index contributed by atoms with van der Waals surface area (Å²) in [5, 5.41) is 5.25. The van der Waals surface area contributed by atoms with E-state index in [0.717, 1.165) is 51.8 Å². The molecule has 4 fully saturated rings. The summed E-state index contributed by atoms with van der Waals surface area (Å²) in [6, 6.07) is 3.08. The molecule has 1 saturated carbocycles. The Morgan fingerprint density at radius 1 is 1.12 bits per heavy atom. The first-order chi connectivity index (χ1) is 16.1. The highest BCUT2D eigenvalue weighted by Crippen LogP contribution is 2.36. The predicted molar refractivity (Wildman–Crippen MR) is 125 cm³/mol. The molecule has 3 saturated heterocycles. The summed E-state index contributed by atoms with van der Waals surface area (Å²) in [7, 11) is 0. The number of ether oxygens (including phenoxy) is 1. The Morgan fingerprint density at radius 3 is 2.73 bits per heavy atom. The van der Waals surface area contributed by atoms with Crippen molar-refractivity contribution in [1.82, 2.24) is 20.0 Å². The first-order valence-electron chi connectivity index (χ1n) is 12.4. The highest BCUT2D eigenvalue weighted by atomic mass is 32.1. The summed E-state index contributed by atoms with van der Waals surface area (Å²) in [5.74, 6) is 0.154. The van der Waals surface area contributed by atoms with Crippen molar-refractivity contribution in [2.45, 2.75) is 56.7 Å². The number of nitrogens with one attached hydrogen (secondary N) is 1. The predicted octanol–water partition coefficient (Wildman–Crippen LogP) is 1.57. The van der Waals surface area contributed by atoms with Crippen molar-refractivity contribution in [2.75, 3.05) is 45.9 Å². The van der Waals surface area contributed by atoms with Gasteiger partial charge in [0.15, 0.2) is 0 Å². The molecule has 5 rings (SSSR count). The zero-order valence-corrected chi connectivity index (χ0v) is 19.9. The van der Waals surface area contributed by atoms with Crippen LogP contribution in [0.1, 0.15) is 48.2 Å². The number of thiophene rings is 1. The molecule has 3 aliphatic heterocycles. The van der Waals surface area contributed by atoms with Gasteiger partial charge in [0.05, 0.1) is 17.0 Å². The third kappa shape index (κ3) is 5.10. The SMILES string of the molecule is O=C(C1CC(N(CC2CCCO2)C(=O)c2cccs2)CN1C(=O)C1CC1)N1CCCNCC1. The molecule has 33 heavy (non-hydrogen) atoms. The Morgan fingerprint density at radius 2 is 2.00 bits per heavy atom. The van der Waals surface area contributed by atoms with Crippen molar-refractivity contribution in [2.24, 2.45) is 5.92 Å². The molecule has 8 nitrogen and oxygen atoms in total. The van der Waals surface area contributed by atoms with Crippen molar-refractivity contribution in [3.63, 3.8) is 0 Å². The number of likely N-dealkylation sites (tertiary alicyclic amines) is 1. The maximum Gasteiger partial charge on any atom is 0.264 e. The van der Waals surface area contributed by atoms with Gasteiger partial charge in [-0.05, 0) is 56.5 Å². The molecule has 0 aromatic carbocycles. The molecule has 0 bridgehead atoms. The lowest BCUT2D eigenvalue weighted by Crippen LogP contribution is -2.49. The molecular formula is C24H34N4O4S. The van der Waals surface area contributed by atoms with Gasteiger partial charge in [0, 0.05) is 45.2 Å². The molecule has 1 aromatic rings. The van der Waals surface area contributed by atoms with E-state index in [-0.39, 0.29) is 35.8 Å². The van der Waals surface area contributed by atoms with Gasteiger partial charge in [-0.15, -0.1) is 11.3 Å². The van der Waals surface area contributed by atoms with Crippen LogP contribution in [-0.2, 0) is 14.3 Å². The van der Waals surface area contributed by atoms with Crippen molar-refractivity contribution in [3.05, 3.63) is 22.4 Å². The Kier molecular flexibility index (Phi) is 6.99. The summed E-state index contributed by atoms with van der Waals surface area (Å²) >= 11 is 1.44. The fourth-order valence-electron chi connectivity index (χ4n) is 5.31. The van der Waals surface area contributed by atoms with Crippen LogP contribution in [0.2, 0.25) is 0 Å². The summed E-state index contributed by atoms with van der Waals surface area (Å²) in [5.41, 5.74) is 0. The van der Waals surface area contributed by atoms with Crippen LogP contribution in [-0.4, -0.2) is 96.5 Å². The Labute approximate surface area is 199 Å². The molecule has 4 heterocycles. The van der Waals surface area contributed by atoms with E-state index in [1.165, 1.54) is 11.3 Å². The van der Waals surface area contributed by atoms with E-state index in [1.807, 2.05) is 27.3 Å². The van der Waals surface area contributed by atoms with Gasteiger partial charge in [-0.3, -0.25) is 14.4 Å². The summed E-state index contributed by atoms with van der Waals surface area (Å²) in [6.07, 6.45) is 5.20. The molecule has 1 aliphatic carbocycles. The topological polar surface area (TPSA) is 82.2 Å². The molecule has 1 N–H and O–H groups in total. The van der Waals surface area contributed by atoms with Gasteiger partial charge in [-0.2, -0.15) is 0 Å². The lowest BCUT2D eigenvalue weighted by atomic mass is 10.1. The van der Waals surface area contributed by atoms with Gasteiger partial charge in [0.25, 0.3) is 5.91 Å². The lowest BCUT2D eigenvalue weighted by Gasteiger charge is -2.31. The average molecular weight is 475 g/mol. The van der Waals surface area contributed by atoms with Gasteiger partial charge in [0.2, 0.25) is 11.8 Å². The van der Waals surface area contributed by atoms with Crippen LogP contribution in [0.5, 0.6) is 0 Å². The second-order valence-corrected chi connectivity index (χ2v) is 10.6. The largest absolute Gasteiger partial charge is 0.376 e. The minimum atomic E-state index is -0.482. The number of hydrogen-bond acceptors (Lipinski definition) is 6. The monoisotopic (exact) mass is 474 g/mol. The molecule has 4 aliphatic rings. The molecule has 3 unspecified atom stereocenters. The number of carbonyl (C=O) groups is 3. The van der Waals surface area contributed by atoms with Crippen molar-refractivity contribution in [1.29, 1.82) is 0 Å². The van der Waals surface area contributed by atoms with E-state index in [9.17, 15) is 14.4 Å². The molecule has 3 amide bonds. The van der Waals surface area contributed by atoms with Gasteiger partial charge in [0.1, 0.15) is 6.04 Å². The number of nitrogens with zero attached hydrogens (tertiary/aromatic N) is 3. The van der Waals surface area contributed by atoms with Crippen LogP contribution < -0.4 is 5.32 Å². The lowest BCUT2D eigenvalue weighted by molar-refractivity contribution is -0.144. The van der Waals surface area contributed by atoms with E-state index in [2.05, 4.69) is 5.32 Å². The normalized spacial score (nSPS) is 28.1. The highest BCUT2D eigenvalue weighted by molar-refractivity contribution is 7.12. The van der Waals surface area contributed by atoms with Crippen LogP contribution in [0, 0.1) is 5.92 Å². The molecule has 9 heteroatoms. The van der Waals surface area contributed by atoms with Crippen molar-refractivity contribution >= 4 is 29.1 Å². The highest BCUT2D eigenvalue weighted by Gasteiger charge is 2.48. The second-order valence-electron chi connectivity index (χ2n) is 9.67. The minimum Gasteiger partial charge on any atom is -0.376 e. The van der Waals surface area contributed by atoms with E-state index in [1.54, 1.807) is 4.90 Å². The molecule has 0 spiro atoms. The van der Waals surface area contributed by atoms with Gasteiger partial charge >= 0.3 is 0 Å². The second kappa shape index (κ2) is 10.1. The van der Waals surface area contributed by atoms with Crippen LogP contribution >= 0.6 is 11.3 Å². The molecule has 1 aromatic heterocycles. The number of rotatable bonds is 6. The molecule has 0 radical (unpaired) electrons. The zero-order valence-electron chi connectivity index (χ0n) is 19.1. The van der Waals surface area contributed by atoms with E-state index >= 15 is 0 Å². The Balaban J connectivity index is 1.38. The Bertz CT molecular complexity index is 845. The average Bonchev–Trinajstić information content (AvgIpc) is 3.18. The molecular weight excluding hydrogens is 440 g/mol. The van der Waals surface area contributed by atoms with Gasteiger partial charge in [-0.25, -0.2) is 0 Å². The number of amides is 3. The van der Waals surface area contributed by atoms with Crippen molar-refractivity contribution in [3.8, 4) is 0 Å². The van der Waals surface area contributed by atoms with E-state index in [4.69, 9.17) is 4.74 Å². The Hall–Kier alpha value is -1.97. The maximum atomic E-state index is 13.6. The zero-order chi connectivity index (χ0) is 22.8. The van der Waals surface area contributed by atoms with E-state index in [0.29, 0.717) is 37.5 Å². The van der Waals surface area contributed by atoms with Crippen LogP contribution in [0.4, 0.5) is 0 Å². The molecule has 3 atom stereocenters. The standard InChI is InChI=1S/C24H34N4O4S/c29-22(17-6-7-17)28-15-18(14-20(28)23(30)26-10-3-8-25-9-11-26)27(16-19-4-1-12-32-19)24(31)21-5-2-13-33-21/h2,5,13,17-20,25H,1,3-4,6-12,14-16H2. The first-order valence-corrected chi connectivity index (χ1v) is 13.3. The van der Waals surface area contributed by atoms with Gasteiger partial charge in [-0.1, -0.05) is 6.07 Å². The number of hydrogen-bond donors (Lipinski definition) is 1. The summed E-state index contributed by atoms with van der Waals surface area (Å²) in [6.45, 7) is 4.74. The van der Waals surface area contributed by atoms with Gasteiger partial charge < -0.3 is 24.8 Å². The van der Waals surface area contributed by atoms with Crippen LogP contribution in [0.3, 0.4) is 0 Å². The first kappa shape index (κ1) is 22.8. The number of carbonyl (C=O) groups excluding carboxylic acids is 3. The smallest absolute Gasteiger partial charge is 0.264 e. The summed E-state index contributed by atoms with van der Waals surface area (Å²) in [4.78, 5) is 46.6. The van der Waals surface area contributed by atoms with Crippen molar-refractivity contribution < 1.29 is 19.1 Å². The maximum absolute atomic E-state index is 13.6. The molecule has 180 valence electrons. The quantitative estimate of drug-likeness (QED) is 0.677. The fourth-order valence-corrected chi connectivity index (χ4v) is 5.99. The van der Waals surface area contributed by atoms with Crippen LogP contribution in [0.15, 0.2) is 17.5 Å². The third-order valence-electron chi connectivity index (χ3n) is 7.28. The van der Waals surface area contributed by atoms with E-state index < -0.39 is 6.04 Å². The minimum absolute atomic E-state index is 0.0172. The third-order valence-corrected chi connectivity index (χ3v) is 8.14. The van der Waals surface area contributed by atoms with Crippen LogP contribution in [0.25, 0.3) is 0 Å². The summed E-state index contributed by atoms with van der Waals surface area (Å²) < 4.78 is 5.86. The fraction of sp³-hybridized carbons (Fsp3) is 0.708.